The summed E-state index contributed by atoms with van der Waals surface area (Å²) >= 11 is 0. The van der Waals surface area contributed by atoms with Crippen molar-refractivity contribution in [2.45, 2.75) is 29.5 Å². The SMILES string of the molecule is CS(=O)(=O)c1cccc(-c2cc(C(F)(F)F)cnc2OCC2(O)CC2)c1. The number of pyridine rings is 1. The molecule has 26 heavy (non-hydrogen) atoms. The molecule has 1 aliphatic carbocycles. The van der Waals surface area contributed by atoms with Crippen LogP contribution in [-0.4, -0.2) is 37.0 Å². The second-order valence-corrected chi connectivity index (χ2v) is 8.40. The lowest BCUT2D eigenvalue weighted by Gasteiger charge is -2.16. The molecular weight excluding hydrogens is 371 g/mol. The Bertz CT molecular complexity index is 937. The van der Waals surface area contributed by atoms with Crippen LogP contribution in [0, 0.1) is 0 Å². The zero-order valence-electron chi connectivity index (χ0n) is 13.7. The van der Waals surface area contributed by atoms with Gasteiger partial charge in [-0.25, -0.2) is 13.4 Å². The Hall–Kier alpha value is -2.13. The maximum Gasteiger partial charge on any atom is 0.417 e. The molecule has 140 valence electrons. The lowest BCUT2D eigenvalue weighted by molar-refractivity contribution is -0.137. The summed E-state index contributed by atoms with van der Waals surface area (Å²) in [6.07, 6.45) is -1.85. The van der Waals surface area contributed by atoms with Crippen LogP contribution in [0.15, 0.2) is 41.4 Å². The minimum Gasteiger partial charge on any atom is -0.474 e. The number of nitrogens with zero attached hydrogens (tertiary/aromatic N) is 1. The minimum absolute atomic E-state index is 0.00887. The molecule has 1 aliphatic rings. The molecule has 5 nitrogen and oxygen atoms in total. The van der Waals surface area contributed by atoms with Gasteiger partial charge in [0.1, 0.15) is 6.61 Å². The van der Waals surface area contributed by atoms with Crippen LogP contribution in [0.5, 0.6) is 5.88 Å². The van der Waals surface area contributed by atoms with Gasteiger partial charge < -0.3 is 9.84 Å². The van der Waals surface area contributed by atoms with E-state index >= 15 is 0 Å². The van der Waals surface area contributed by atoms with Crippen LogP contribution < -0.4 is 4.74 Å². The fourth-order valence-electron chi connectivity index (χ4n) is 2.31. The predicted octanol–water partition coefficient (Wildman–Crippen LogP) is 3.07. The van der Waals surface area contributed by atoms with E-state index in [1.54, 1.807) is 0 Å². The zero-order chi connectivity index (χ0) is 19.2. The first-order valence-corrected chi connectivity index (χ1v) is 9.60. The highest BCUT2D eigenvalue weighted by Gasteiger charge is 2.41. The van der Waals surface area contributed by atoms with Gasteiger partial charge in [-0.15, -0.1) is 0 Å². The predicted molar refractivity (Wildman–Crippen MR) is 87.5 cm³/mol. The van der Waals surface area contributed by atoms with E-state index in [0.29, 0.717) is 19.0 Å². The molecule has 0 spiro atoms. The van der Waals surface area contributed by atoms with Gasteiger partial charge in [-0.3, -0.25) is 0 Å². The van der Waals surface area contributed by atoms with E-state index in [0.717, 1.165) is 12.3 Å². The van der Waals surface area contributed by atoms with E-state index in [1.807, 2.05) is 0 Å². The van der Waals surface area contributed by atoms with Crippen molar-refractivity contribution in [2.75, 3.05) is 12.9 Å². The number of aromatic nitrogens is 1. The molecule has 3 rings (SSSR count). The second kappa shape index (κ2) is 6.24. The normalized spacial score (nSPS) is 16.3. The molecule has 1 heterocycles. The minimum atomic E-state index is -4.61. The highest BCUT2D eigenvalue weighted by molar-refractivity contribution is 7.90. The molecule has 0 radical (unpaired) electrons. The van der Waals surface area contributed by atoms with E-state index in [4.69, 9.17) is 4.74 Å². The average molecular weight is 387 g/mol. The summed E-state index contributed by atoms with van der Waals surface area (Å²) in [6.45, 7) is -0.0931. The van der Waals surface area contributed by atoms with Crippen molar-refractivity contribution >= 4 is 9.84 Å². The molecule has 1 aromatic carbocycles. The molecule has 1 N–H and O–H groups in total. The molecular formula is C17H16F3NO4S. The van der Waals surface area contributed by atoms with Crippen molar-refractivity contribution in [3.05, 3.63) is 42.1 Å². The molecule has 0 aliphatic heterocycles. The lowest BCUT2D eigenvalue weighted by atomic mass is 10.1. The van der Waals surface area contributed by atoms with Gasteiger partial charge in [0.15, 0.2) is 9.84 Å². The van der Waals surface area contributed by atoms with Crippen LogP contribution in [0.1, 0.15) is 18.4 Å². The van der Waals surface area contributed by atoms with Crippen LogP contribution in [0.4, 0.5) is 13.2 Å². The van der Waals surface area contributed by atoms with Crippen molar-refractivity contribution in [2.24, 2.45) is 0 Å². The van der Waals surface area contributed by atoms with Crippen molar-refractivity contribution in [3.8, 4) is 17.0 Å². The standard InChI is InChI=1S/C17H16F3NO4S/c1-26(23,24)13-4-2-3-11(7-13)14-8-12(17(18,19)20)9-21-15(14)25-10-16(22)5-6-16/h2-4,7-9,22H,5-6,10H2,1H3. The van der Waals surface area contributed by atoms with E-state index in [-0.39, 0.29) is 28.5 Å². The van der Waals surface area contributed by atoms with Gasteiger partial charge in [-0.1, -0.05) is 12.1 Å². The third-order valence-electron chi connectivity index (χ3n) is 4.06. The topological polar surface area (TPSA) is 76.5 Å². The Balaban J connectivity index is 2.07. The summed E-state index contributed by atoms with van der Waals surface area (Å²) in [6, 6.07) is 6.40. The maximum absolute atomic E-state index is 13.1. The Kier molecular flexibility index (Phi) is 4.48. The third-order valence-corrected chi connectivity index (χ3v) is 5.17. The zero-order valence-corrected chi connectivity index (χ0v) is 14.6. The molecule has 0 atom stereocenters. The first-order valence-electron chi connectivity index (χ1n) is 7.71. The molecule has 9 heteroatoms. The van der Waals surface area contributed by atoms with E-state index in [1.165, 1.54) is 24.3 Å². The summed E-state index contributed by atoms with van der Waals surface area (Å²) in [5.41, 5.74) is -1.72. The molecule has 0 bridgehead atoms. The van der Waals surface area contributed by atoms with Crippen molar-refractivity contribution in [1.82, 2.24) is 4.98 Å². The molecule has 0 unspecified atom stereocenters. The molecule has 1 saturated carbocycles. The van der Waals surface area contributed by atoms with Gasteiger partial charge in [-0.2, -0.15) is 13.2 Å². The summed E-state index contributed by atoms with van der Waals surface area (Å²) in [7, 11) is -3.53. The average Bonchev–Trinajstić information content (AvgIpc) is 3.29. The smallest absolute Gasteiger partial charge is 0.417 e. The molecule has 1 fully saturated rings. The summed E-state index contributed by atoms with van der Waals surface area (Å²) in [5.74, 6) is -0.0935. The number of hydrogen-bond acceptors (Lipinski definition) is 5. The fourth-order valence-corrected chi connectivity index (χ4v) is 2.98. The number of benzene rings is 1. The summed E-state index contributed by atoms with van der Waals surface area (Å²) < 4.78 is 68.1. The highest BCUT2D eigenvalue weighted by atomic mass is 32.2. The largest absolute Gasteiger partial charge is 0.474 e. The molecule has 2 aromatic rings. The van der Waals surface area contributed by atoms with Crippen LogP contribution >= 0.6 is 0 Å². The van der Waals surface area contributed by atoms with Crippen LogP contribution in [0.3, 0.4) is 0 Å². The van der Waals surface area contributed by atoms with Crippen molar-refractivity contribution in [3.63, 3.8) is 0 Å². The molecule has 1 aromatic heterocycles. The fraction of sp³-hybridized carbons (Fsp3) is 0.353. The summed E-state index contributed by atoms with van der Waals surface area (Å²) in [4.78, 5) is 3.71. The number of rotatable bonds is 5. The number of sulfone groups is 1. The summed E-state index contributed by atoms with van der Waals surface area (Å²) in [5, 5.41) is 9.87. The van der Waals surface area contributed by atoms with Gasteiger partial charge >= 0.3 is 6.18 Å². The number of ether oxygens (including phenoxy) is 1. The maximum atomic E-state index is 13.1. The van der Waals surface area contributed by atoms with Gasteiger partial charge in [0, 0.05) is 18.0 Å². The van der Waals surface area contributed by atoms with Crippen LogP contribution in [-0.2, 0) is 16.0 Å². The first-order chi connectivity index (χ1) is 12.0. The van der Waals surface area contributed by atoms with Crippen LogP contribution in [0.2, 0.25) is 0 Å². The van der Waals surface area contributed by atoms with Gasteiger partial charge in [0.25, 0.3) is 0 Å². The second-order valence-electron chi connectivity index (χ2n) is 6.39. The van der Waals surface area contributed by atoms with Gasteiger partial charge in [-0.05, 0) is 36.6 Å². The molecule has 0 saturated heterocycles. The van der Waals surface area contributed by atoms with Crippen LogP contribution in [0.25, 0.3) is 11.1 Å². The van der Waals surface area contributed by atoms with Gasteiger partial charge in [0.2, 0.25) is 5.88 Å². The Morgan fingerprint density at radius 1 is 1.27 bits per heavy atom. The first kappa shape index (κ1) is 18.7. The monoisotopic (exact) mass is 387 g/mol. The lowest BCUT2D eigenvalue weighted by Crippen LogP contribution is -2.19. The highest BCUT2D eigenvalue weighted by Crippen LogP contribution is 2.39. The Morgan fingerprint density at radius 2 is 1.96 bits per heavy atom. The quantitative estimate of drug-likeness (QED) is 0.853. The van der Waals surface area contributed by atoms with E-state index in [9.17, 15) is 26.7 Å². The van der Waals surface area contributed by atoms with E-state index < -0.39 is 27.2 Å². The number of halogens is 3. The van der Waals surface area contributed by atoms with Crippen molar-refractivity contribution < 1.29 is 31.4 Å². The Morgan fingerprint density at radius 3 is 2.54 bits per heavy atom. The number of hydrogen-bond donors (Lipinski definition) is 1. The molecule has 0 amide bonds. The number of alkyl halides is 3. The van der Waals surface area contributed by atoms with Gasteiger partial charge in [0.05, 0.1) is 16.1 Å². The van der Waals surface area contributed by atoms with E-state index in [2.05, 4.69) is 4.98 Å². The third kappa shape index (κ3) is 4.16. The van der Waals surface area contributed by atoms with Crippen molar-refractivity contribution in [1.29, 1.82) is 0 Å². The number of aliphatic hydroxyl groups is 1. The Labute approximate surface area is 148 Å².